The molecule has 0 spiro atoms. The van der Waals surface area contributed by atoms with Crippen molar-refractivity contribution in [1.82, 2.24) is 9.63 Å². The average molecular weight is 379 g/mol. The summed E-state index contributed by atoms with van der Waals surface area (Å²) in [6.07, 6.45) is 4.23. The molecule has 1 aliphatic carbocycles. The number of quaternary nitrogens is 1. The number of ketones is 1. The predicted molar refractivity (Wildman–Crippen MR) is 107 cm³/mol. The highest BCUT2D eigenvalue weighted by Crippen LogP contribution is 2.47. The van der Waals surface area contributed by atoms with Crippen molar-refractivity contribution in [2.75, 3.05) is 12.4 Å². The summed E-state index contributed by atoms with van der Waals surface area (Å²) in [5.74, 6) is -1.20. The second-order valence-corrected chi connectivity index (χ2v) is 7.39. The van der Waals surface area contributed by atoms with Gasteiger partial charge in [0, 0.05) is 37.2 Å². The van der Waals surface area contributed by atoms with Crippen molar-refractivity contribution < 1.29 is 14.7 Å². The molecule has 1 unspecified atom stereocenters. The number of carboxylic acids is 1. The van der Waals surface area contributed by atoms with Gasteiger partial charge in [0.05, 0.1) is 11.6 Å². The number of hydrogen-bond donors (Lipinski definition) is 2. The fourth-order valence-electron chi connectivity index (χ4n) is 3.99. The molecular weight excluding hydrogens is 358 g/mol. The number of benzene rings is 1. The Morgan fingerprint density at radius 1 is 1.29 bits per heavy atom. The summed E-state index contributed by atoms with van der Waals surface area (Å²) in [6, 6.07) is 5.07. The molecule has 144 valence electrons. The maximum atomic E-state index is 13.8. The first-order valence-corrected chi connectivity index (χ1v) is 9.17. The van der Waals surface area contributed by atoms with Crippen LogP contribution in [0.1, 0.15) is 34.3 Å². The second kappa shape index (κ2) is 6.25. The Bertz CT molecular complexity index is 1060. The Labute approximate surface area is 162 Å². The topological polar surface area (TPSA) is 102 Å². The fraction of sp³-hybridized carbons (Fsp3) is 0.286. The number of aryl methyl sites for hydroxylation is 1. The van der Waals surface area contributed by atoms with E-state index in [2.05, 4.69) is 10.3 Å². The standard InChI is InChI=1S/C21H21N3O4/c1-11-8-13(9-23-20(11)22-3)15-6-7-16-18(12(15)2)24(28,14-4-5-14)10-17(19(16)25)21(26)27/h6-10,14H,4-5H2,1-3H3,(H,22,23)(H,26,27). The molecule has 0 radical (unpaired) electrons. The number of Topliss-reactive ketones (excluding diaryl/α,β-unsaturated/α-hetero) is 1. The molecule has 2 N–H and O–H groups in total. The summed E-state index contributed by atoms with van der Waals surface area (Å²) < 4.78 is -0.886. The zero-order chi connectivity index (χ0) is 20.2. The highest BCUT2D eigenvalue weighted by Gasteiger charge is 2.47. The molecular formula is C21H21N3O4. The van der Waals surface area contributed by atoms with Crippen molar-refractivity contribution in [2.45, 2.75) is 32.7 Å². The van der Waals surface area contributed by atoms with E-state index in [4.69, 9.17) is 0 Å². The van der Waals surface area contributed by atoms with E-state index < -0.39 is 22.0 Å². The monoisotopic (exact) mass is 379 g/mol. The third-order valence-corrected chi connectivity index (χ3v) is 5.54. The molecule has 2 aliphatic rings. The van der Waals surface area contributed by atoms with E-state index in [1.54, 1.807) is 25.4 Å². The third kappa shape index (κ3) is 2.63. The van der Waals surface area contributed by atoms with Gasteiger partial charge >= 0.3 is 5.97 Å². The number of carboxylic acid groups (broad SMARTS) is 1. The first-order chi connectivity index (χ1) is 13.3. The van der Waals surface area contributed by atoms with Gasteiger partial charge in [-0.2, -0.15) is 0 Å². The highest BCUT2D eigenvalue weighted by molar-refractivity contribution is 6.27. The van der Waals surface area contributed by atoms with Crippen LogP contribution in [0, 0.1) is 19.1 Å². The van der Waals surface area contributed by atoms with Crippen LogP contribution in [0.4, 0.5) is 11.5 Å². The van der Waals surface area contributed by atoms with Gasteiger partial charge in [-0.15, -0.1) is 0 Å². The van der Waals surface area contributed by atoms with Crippen LogP contribution < -0.4 is 9.96 Å². The molecule has 1 fully saturated rings. The van der Waals surface area contributed by atoms with E-state index in [-0.39, 0.29) is 11.6 Å². The zero-order valence-corrected chi connectivity index (χ0v) is 15.9. The molecule has 0 bridgehead atoms. The summed E-state index contributed by atoms with van der Waals surface area (Å²) in [4.78, 5) is 28.6. The number of pyridine rings is 1. The van der Waals surface area contributed by atoms with Crippen LogP contribution in [-0.2, 0) is 4.79 Å². The molecule has 1 aromatic carbocycles. The third-order valence-electron chi connectivity index (χ3n) is 5.54. The quantitative estimate of drug-likeness (QED) is 0.479. The minimum absolute atomic E-state index is 0.180. The largest absolute Gasteiger partial charge is 0.622 e. The SMILES string of the molecule is CNc1ncc(-c2ccc3c(c2C)[N+]([O-])(C2CC2)C=C(C(=O)O)C3=O)cc1C. The number of carbonyl (C=O) groups is 2. The van der Waals surface area contributed by atoms with Crippen LogP contribution in [0.25, 0.3) is 11.1 Å². The lowest BCUT2D eigenvalue weighted by atomic mass is 9.90. The molecule has 2 heterocycles. The van der Waals surface area contributed by atoms with E-state index in [0.717, 1.165) is 28.7 Å². The van der Waals surface area contributed by atoms with Crippen LogP contribution in [0.5, 0.6) is 0 Å². The second-order valence-electron chi connectivity index (χ2n) is 7.39. The smallest absolute Gasteiger partial charge is 0.345 e. The predicted octanol–water partition coefficient (Wildman–Crippen LogP) is 3.54. The molecule has 4 rings (SSSR count). The number of hydrogen-bond acceptors (Lipinski definition) is 5. The number of nitrogens with one attached hydrogen (secondary N) is 1. The van der Waals surface area contributed by atoms with Crippen molar-refractivity contribution in [3.05, 3.63) is 58.1 Å². The first-order valence-electron chi connectivity index (χ1n) is 9.17. The van der Waals surface area contributed by atoms with Crippen LogP contribution in [0.3, 0.4) is 0 Å². The molecule has 1 atom stereocenters. The number of rotatable bonds is 4. The van der Waals surface area contributed by atoms with Crippen LogP contribution in [0.15, 0.2) is 36.2 Å². The Balaban J connectivity index is 1.93. The van der Waals surface area contributed by atoms with Gasteiger partial charge in [-0.25, -0.2) is 9.78 Å². The Hall–Kier alpha value is -3.03. The van der Waals surface area contributed by atoms with E-state index in [9.17, 15) is 19.9 Å². The molecule has 7 heteroatoms. The minimum atomic E-state index is -1.36. The number of aromatic nitrogens is 1. The summed E-state index contributed by atoms with van der Waals surface area (Å²) in [5.41, 5.74) is 3.40. The number of nitrogens with zero attached hydrogens (tertiary/aromatic N) is 2. The molecule has 0 saturated heterocycles. The van der Waals surface area contributed by atoms with Crippen molar-refractivity contribution in [3.8, 4) is 11.1 Å². The highest BCUT2D eigenvalue weighted by atomic mass is 16.5. The molecule has 2 aromatic rings. The van der Waals surface area contributed by atoms with Gasteiger partial charge in [-0.1, -0.05) is 6.07 Å². The zero-order valence-electron chi connectivity index (χ0n) is 15.9. The summed E-state index contributed by atoms with van der Waals surface area (Å²) >= 11 is 0. The van der Waals surface area contributed by atoms with Crippen molar-refractivity contribution in [3.63, 3.8) is 0 Å². The van der Waals surface area contributed by atoms with Gasteiger partial charge in [0.2, 0.25) is 5.78 Å². The van der Waals surface area contributed by atoms with Crippen molar-refractivity contribution >= 4 is 23.3 Å². The van der Waals surface area contributed by atoms with Crippen LogP contribution in [0.2, 0.25) is 0 Å². The molecule has 1 saturated carbocycles. The molecule has 7 nitrogen and oxygen atoms in total. The number of fused-ring (bicyclic) bond motifs is 1. The van der Waals surface area contributed by atoms with Crippen LogP contribution in [-0.4, -0.2) is 34.9 Å². The summed E-state index contributed by atoms with van der Waals surface area (Å²) in [6.45, 7) is 3.76. The van der Waals surface area contributed by atoms with Gasteiger partial charge in [-0.3, -0.25) is 9.44 Å². The number of aliphatic carboxylic acids is 1. The molecule has 1 aliphatic heterocycles. The Morgan fingerprint density at radius 3 is 2.54 bits per heavy atom. The Kier molecular flexibility index (Phi) is 4.10. The first kappa shape index (κ1) is 18.3. The van der Waals surface area contributed by atoms with Gasteiger partial charge < -0.3 is 15.6 Å². The summed E-state index contributed by atoms with van der Waals surface area (Å²) in [7, 11) is 1.80. The number of carbonyl (C=O) groups excluding carboxylic acids is 1. The van der Waals surface area contributed by atoms with Gasteiger partial charge in [0.15, 0.2) is 11.3 Å². The maximum Gasteiger partial charge on any atom is 0.345 e. The molecule has 28 heavy (non-hydrogen) atoms. The molecule has 0 amide bonds. The fourth-order valence-corrected chi connectivity index (χ4v) is 3.99. The van der Waals surface area contributed by atoms with E-state index in [1.165, 1.54) is 0 Å². The average Bonchev–Trinajstić information content (AvgIpc) is 3.50. The van der Waals surface area contributed by atoms with Gasteiger partial charge in [-0.05, 0) is 37.1 Å². The minimum Gasteiger partial charge on any atom is -0.622 e. The normalized spacial score (nSPS) is 21.1. The number of anilines is 1. The maximum absolute atomic E-state index is 13.8. The summed E-state index contributed by atoms with van der Waals surface area (Å²) in [5, 5.41) is 26.2. The van der Waals surface area contributed by atoms with Gasteiger partial charge in [0.1, 0.15) is 12.0 Å². The molecule has 1 aromatic heterocycles. The lowest BCUT2D eigenvalue weighted by Crippen LogP contribution is -2.45. The van der Waals surface area contributed by atoms with Crippen molar-refractivity contribution in [2.24, 2.45) is 0 Å². The lowest BCUT2D eigenvalue weighted by molar-refractivity contribution is -0.132. The van der Waals surface area contributed by atoms with Gasteiger partial charge in [0.25, 0.3) is 0 Å². The van der Waals surface area contributed by atoms with Crippen LogP contribution >= 0.6 is 0 Å². The number of hydroxylamine groups is 2. The Morgan fingerprint density at radius 2 is 1.96 bits per heavy atom. The lowest BCUT2D eigenvalue weighted by Gasteiger charge is -2.43. The van der Waals surface area contributed by atoms with Crippen molar-refractivity contribution in [1.29, 1.82) is 0 Å². The van der Waals surface area contributed by atoms with E-state index >= 15 is 0 Å². The van der Waals surface area contributed by atoms with E-state index in [0.29, 0.717) is 24.1 Å². The van der Waals surface area contributed by atoms with E-state index in [1.807, 2.05) is 19.9 Å².